The summed E-state index contributed by atoms with van der Waals surface area (Å²) < 4.78 is 0. The van der Waals surface area contributed by atoms with Crippen LogP contribution in [0.4, 0.5) is 5.69 Å². The monoisotopic (exact) mass is 296 g/mol. The number of hydrogen-bond acceptors (Lipinski definition) is 2. The summed E-state index contributed by atoms with van der Waals surface area (Å²) in [6.07, 6.45) is -0.180. The zero-order chi connectivity index (χ0) is 15.9. The zero-order valence-corrected chi connectivity index (χ0v) is 12.8. The third kappa shape index (κ3) is 4.74. The van der Waals surface area contributed by atoms with Gasteiger partial charge in [-0.3, -0.25) is 9.59 Å². The average molecular weight is 296 g/mol. The third-order valence-electron chi connectivity index (χ3n) is 3.31. The Hall–Kier alpha value is -2.62. The largest absolute Gasteiger partial charge is 0.352 e. The van der Waals surface area contributed by atoms with Crippen molar-refractivity contribution in [2.24, 2.45) is 0 Å². The van der Waals surface area contributed by atoms with E-state index in [9.17, 15) is 9.59 Å². The van der Waals surface area contributed by atoms with E-state index in [1.165, 1.54) is 0 Å². The predicted octanol–water partition coefficient (Wildman–Crippen LogP) is 2.95. The van der Waals surface area contributed by atoms with E-state index in [-0.39, 0.29) is 18.2 Å². The topological polar surface area (TPSA) is 58.2 Å². The minimum absolute atomic E-state index is 0.180. The molecular formula is C18H20N2O2. The van der Waals surface area contributed by atoms with E-state index in [0.29, 0.717) is 6.54 Å². The molecule has 0 aromatic heterocycles. The maximum Gasteiger partial charge on any atom is 0.233 e. The fourth-order valence-electron chi connectivity index (χ4n) is 2.14. The molecule has 22 heavy (non-hydrogen) atoms. The molecule has 114 valence electrons. The lowest BCUT2D eigenvalue weighted by atomic mass is 10.1. The number of rotatable bonds is 5. The van der Waals surface area contributed by atoms with Gasteiger partial charge < -0.3 is 10.6 Å². The van der Waals surface area contributed by atoms with Crippen LogP contribution in [0.3, 0.4) is 0 Å². The van der Waals surface area contributed by atoms with Gasteiger partial charge in [-0.2, -0.15) is 0 Å². The van der Waals surface area contributed by atoms with Crippen molar-refractivity contribution in [1.29, 1.82) is 0 Å². The number of nitrogens with one attached hydrogen (secondary N) is 2. The zero-order valence-electron chi connectivity index (χ0n) is 12.8. The molecule has 4 nitrogen and oxygen atoms in total. The molecule has 0 spiro atoms. The van der Waals surface area contributed by atoms with Crippen molar-refractivity contribution < 1.29 is 9.59 Å². The van der Waals surface area contributed by atoms with Gasteiger partial charge in [0.1, 0.15) is 6.42 Å². The summed E-state index contributed by atoms with van der Waals surface area (Å²) in [7, 11) is 0. The summed E-state index contributed by atoms with van der Waals surface area (Å²) in [6.45, 7) is 4.34. The van der Waals surface area contributed by atoms with Gasteiger partial charge >= 0.3 is 0 Å². The van der Waals surface area contributed by atoms with Gasteiger partial charge in [-0.25, -0.2) is 0 Å². The van der Waals surface area contributed by atoms with Gasteiger partial charge in [0.25, 0.3) is 0 Å². The Bertz CT molecular complexity index is 680. The van der Waals surface area contributed by atoms with Gasteiger partial charge in [0.05, 0.1) is 0 Å². The van der Waals surface area contributed by atoms with E-state index < -0.39 is 0 Å². The molecule has 0 unspecified atom stereocenters. The third-order valence-corrected chi connectivity index (χ3v) is 3.31. The Balaban J connectivity index is 1.82. The van der Waals surface area contributed by atoms with E-state index in [4.69, 9.17) is 0 Å². The van der Waals surface area contributed by atoms with Crippen LogP contribution in [0.5, 0.6) is 0 Å². The summed E-state index contributed by atoms with van der Waals surface area (Å²) >= 11 is 0. The van der Waals surface area contributed by atoms with Crippen LogP contribution in [0.2, 0.25) is 0 Å². The lowest BCUT2D eigenvalue weighted by Crippen LogP contribution is -2.27. The smallest absolute Gasteiger partial charge is 0.233 e. The Morgan fingerprint density at radius 2 is 1.73 bits per heavy atom. The first-order valence-electron chi connectivity index (χ1n) is 7.22. The molecule has 0 aliphatic carbocycles. The molecule has 0 heterocycles. The lowest BCUT2D eigenvalue weighted by Gasteiger charge is -2.09. The van der Waals surface area contributed by atoms with Crippen molar-refractivity contribution in [2.75, 3.05) is 5.32 Å². The van der Waals surface area contributed by atoms with Gasteiger partial charge in [0.2, 0.25) is 11.8 Å². The van der Waals surface area contributed by atoms with Crippen LogP contribution in [-0.4, -0.2) is 11.8 Å². The van der Waals surface area contributed by atoms with E-state index in [1.807, 2.05) is 62.4 Å². The van der Waals surface area contributed by atoms with E-state index >= 15 is 0 Å². The van der Waals surface area contributed by atoms with Crippen LogP contribution in [0.15, 0.2) is 48.5 Å². The molecule has 2 aromatic carbocycles. The lowest BCUT2D eigenvalue weighted by molar-refractivity contribution is -0.126. The van der Waals surface area contributed by atoms with Crippen LogP contribution >= 0.6 is 0 Å². The van der Waals surface area contributed by atoms with Crippen LogP contribution in [0.1, 0.15) is 23.1 Å². The molecule has 2 aromatic rings. The van der Waals surface area contributed by atoms with Crippen LogP contribution in [0.25, 0.3) is 0 Å². The van der Waals surface area contributed by atoms with E-state index in [0.717, 1.165) is 22.4 Å². The Morgan fingerprint density at radius 3 is 2.45 bits per heavy atom. The van der Waals surface area contributed by atoms with E-state index in [1.54, 1.807) is 0 Å². The first kappa shape index (κ1) is 15.8. The van der Waals surface area contributed by atoms with Crippen molar-refractivity contribution in [3.63, 3.8) is 0 Å². The highest BCUT2D eigenvalue weighted by Crippen LogP contribution is 2.13. The maximum atomic E-state index is 11.9. The molecule has 0 radical (unpaired) electrons. The van der Waals surface area contributed by atoms with E-state index in [2.05, 4.69) is 10.6 Å². The Labute approximate surface area is 130 Å². The number of para-hydroxylation sites is 1. The molecule has 0 aliphatic rings. The van der Waals surface area contributed by atoms with Crippen LogP contribution < -0.4 is 10.6 Å². The van der Waals surface area contributed by atoms with Crippen molar-refractivity contribution in [3.05, 3.63) is 65.2 Å². The van der Waals surface area contributed by atoms with Gasteiger partial charge in [0.15, 0.2) is 0 Å². The second kappa shape index (κ2) is 7.41. The van der Waals surface area contributed by atoms with Gasteiger partial charge in [-0.15, -0.1) is 0 Å². The van der Waals surface area contributed by atoms with Crippen molar-refractivity contribution in [3.8, 4) is 0 Å². The summed E-state index contributed by atoms with van der Waals surface area (Å²) in [5.41, 5.74) is 3.87. The molecule has 0 bridgehead atoms. The fraction of sp³-hybridized carbons (Fsp3) is 0.222. The first-order chi connectivity index (χ1) is 10.5. The minimum atomic E-state index is -0.309. The minimum Gasteiger partial charge on any atom is -0.352 e. The van der Waals surface area contributed by atoms with Crippen molar-refractivity contribution in [2.45, 2.75) is 26.8 Å². The highest BCUT2D eigenvalue weighted by atomic mass is 16.2. The summed E-state index contributed by atoms with van der Waals surface area (Å²) in [4.78, 5) is 23.7. The normalized spacial score (nSPS) is 10.1. The number of carbonyl (C=O) groups is 2. The maximum absolute atomic E-state index is 11.9. The highest BCUT2D eigenvalue weighted by molar-refractivity contribution is 6.03. The summed E-state index contributed by atoms with van der Waals surface area (Å²) in [6, 6.07) is 15.4. The predicted molar refractivity (Wildman–Crippen MR) is 87.5 cm³/mol. The Kier molecular flexibility index (Phi) is 5.31. The molecule has 0 fully saturated rings. The molecular weight excluding hydrogens is 276 g/mol. The molecule has 2 amide bonds. The van der Waals surface area contributed by atoms with Crippen LogP contribution in [-0.2, 0) is 16.1 Å². The molecule has 4 heteroatoms. The fourth-order valence-corrected chi connectivity index (χ4v) is 2.14. The number of carbonyl (C=O) groups excluding carboxylic acids is 2. The molecule has 2 N–H and O–H groups in total. The van der Waals surface area contributed by atoms with Gasteiger partial charge in [-0.1, -0.05) is 48.0 Å². The number of hydrogen-bond donors (Lipinski definition) is 2. The number of benzene rings is 2. The second-order valence-electron chi connectivity index (χ2n) is 5.31. The molecule has 2 rings (SSSR count). The SMILES string of the molecule is Cc1cccc(CNC(=O)CC(=O)Nc2ccccc2C)c1. The van der Waals surface area contributed by atoms with Crippen molar-refractivity contribution >= 4 is 17.5 Å². The second-order valence-corrected chi connectivity index (χ2v) is 5.31. The summed E-state index contributed by atoms with van der Waals surface area (Å²) in [5.74, 6) is -0.594. The number of amides is 2. The van der Waals surface area contributed by atoms with Crippen molar-refractivity contribution in [1.82, 2.24) is 5.32 Å². The highest BCUT2D eigenvalue weighted by Gasteiger charge is 2.10. The van der Waals surface area contributed by atoms with Crippen LogP contribution in [0, 0.1) is 13.8 Å². The average Bonchev–Trinajstić information content (AvgIpc) is 2.47. The number of aryl methyl sites for hydroxylation is 2. The molecule has 0 atom stereocenters. The standard InChI is InChI=1S/C18H20N2O2/c1-13-6-5-8-15(10-13)12-19-17(21)11-18(22)20-16-9-4-3-7-14(16)2/h3-10H,11-12H2,1-2H3,(H,19,21)(H,20,22). The summed E-state index contributed by atoms with van der Waals surface area (Å²) in [5, 5.41) is 5.51. The Morgan fingerprint density at radius 1 is 0.955 bits per heavy atom. The molecule has 0 saturated carbocycles. The quantitative estimate of drug-likeness (QED) is 0.833. The number of anilines is 1. The first-order valence-corrected chi connectivity index (χ1v) is 7.22. The molecule has 0 aliphatic heterocycles. The van der Waals surface area contributed by atoms with Gasteiger partial charge in [0, 0.05) is 12.2 Å². The van der Waals surface area contributed by atoms with Gasteiger partial charge in [-0.05, 0) is 31.0 Å². The molecule has 0 saturated heterocycles.